The summed E-state index contributed by atoms with van der Waals surface area (Å²) >= 11 is 0. The molecule has 1 N–H and O–H groups in total. The van der Waals surface area contributed by atoms with Crippen LogP contribution >= 0.6 is 0 Å². The van der Waals surface area contributed by atoms with E-state index in [-0.39, 0.29) is 23.8 Å². The predicted octanol–water partition coefficient (Wildman–Crippen LogP) is 0.871. The van der Waals surface area contributed by atoms with E-state index in [1.807, 2.05) is 13.8 Å². The van der Waals surface area contributed by atoms with Crippen molar-refractivity contribution < 1.29 is 9.90 Å². The Kier molecular flexibility index (Phi) is 3.14. The summed E-state index contributed by atoms with van der Waals surface area (Å²) in [6.45, 7) is 7.17. The first-order chi connectivity index (χ1) is 6.93. The highest BCUT2D eigenvalue weighted by Gasteiger charge is 2.09. The smallest absolute Gasteiger partial charge is 0.332 e. The highest BCUT2D eigenvalue weighted by Crippen LogP contribution is 2.01. The number of imidazole rings is 1. The van der Waals surface area contributed by atoms with Crippen LogP contribution in [0.1, 0.15) is 19.9 Å². The molecular formula is C10H14N2O3. The lowest BCUT2D eigenvalue weighted by molar-refractivity contribution is -0.132. The molecule has 0 radical (unpaired) electrons. The number of nitrogens with zero attached hydrogens (tertiary/aromatic N) is 2. The summed E-state index contributed by atoms with van der Waals surface area (Å²) in [5.41, 5.74) is -0.217. The fraction of sp³-hybridized carbons (Fsp3) is 0.400. The Labute approximate surface area is 87.3 Å². The molecular weight excluding hydrogens is 196 g/mol. The van der Waals surface area contributed by atoms with Crippen LogP contribution in [0.15, 0.2) is 29.3 Å². The first-order valence-electron chi connectivity index (χ1n) is 4.62. The number of hydrogen-bond donors (Lipinski definition) is 1. The molecule has 0 saturated carbocycles. The first kappa shape index (κ1) is 11.3. The van der Waals surface area contributed by atoms with E-state index in [1.54, 1.807) is 12.4 Å². The summed E-state index contributed by atoms with van der Waals surface area (Å²) in [5, 5.41) is 8.63. The fourth-order valence-electron chi connectivity index (χ4n) is 1.21. The normalized spacial score (nSPS) is 10.6. The van der Waals surface area contributed by atoms with Crippen LogP contribution in [-0.2, 0) is 11.3 Å². The summed E-state index contributed by atoms with van der Waals surface area (Å²) in [6, 6.07) is 0.0665. The highest BCUT2D eigenvalue weighted by atomic mass is 16.4. The maximum atomic E-state index is 11.7. The lowest BCUT2D eigenvalue weighted by Crippen LogP contribution is -2.26. The van der Waals surface area contributed by atoms with Crippen molar-refractivity contribution in [3.63, 3.8) is 0 Å². The second-order valence-electron chi connectivity index (χ2n) is 3.62. The standard InChI is InChI=1S/C10H14N2O3/c1-7(2)12-5-4-11(10(12)15)6-8(3)9(13)14/h4-5,7H,3,6H2,1-2H3,(H,13,14). The van der Waals surface area contributed by atoms with Crippen LogP contribution in [0.5, 0.6) is 0 Å². The third-order valence-corrected chi connectivity index (χ3v) is 2.09. The zero-order valence-corrected chi connectivity index (χ0v) is 8.80. The zero-order valence-electron chi connectivity index (χ0n) is 8.80. The van der Waals surface area contributed by atoms with Gasteiger partial charge in [0.25, 0.3) is 0 Å². The molecule has 1 rings (SSSR count). The first-order valence-corrected chi connectivity index (χ1v) is 4.62. The molecule has 0 unspecified atom stereocenters. The Morgan fingerprint density at radius 3 is 2.53 bits per heavy atom. The van der Waals surface area contributed by atoms with Crippen molar-refractivity contribution in [2.45, 2.75) is 26.4 Å². The van der Waals surface area contributed by atoms with Crippen LogP contribution in [0.25, 0.3) is 0 Å². The predicted molar refractivity (Wildman–Crippen MR) is 55.9 cm³/mol. The Bertz CT molecular complexity index is 440. The van der Waals surface area contributed by atoms with Crippen LogP contribution in [0.3, 0.4) is 0 Å². The van der Waals surface area contributed by atoms with Gasteiger partial charge in [0.05, 0.1) is 6.54 Å². The van der Waals surface area contributed by atoms with Gasteiger partial charge in [-0.15, -0.1) is 0 Å². The average Bonchev–Trinajstić information content (AvgIpc) is 2.48. The second-order valence-corrected chi connectivity index (χ2v) is 3.62. The number of rotatable bonds is 4. The van der Waals surface area contributed by atoms with E-state index in [1.165, 1.54) is 9.13 Å². The van der Waals surface area contributed by atoms with E-state index in [0.29, 0.717) is 0 Å². The van der Waals surface area contributed by atoms with Gasteiger partial charge in [-0.2, -0.15) is 0 Å². The number of hydrogen-bond acceptors (Lipinski definition) is 2. The maximum Gasteiger partial charge on any atom is 0.332 e. The molecule has 0 aliphatic heterocycles. The van der Waals surface area contributed by atoms with Crippen molar-refractivity contribution in [1.29, 1.82) is 0 Å². The van der Waals surface area contributed by atoms with Crippen LogP contribution in [0.4, 0.5) is 0 Å². The molecule has 0 aliphatic carbocycles. The number of aliphatic carboxylic acids is 1. The van der Waals surface area contributed by atoms with Gasteiger partial charge in [0.15, 0.2) is 0 Å². The molecule has 15 heavy (non-hydrogen) atoms. The van der Waals surface area contributed by atoms with E-state index in [2.05, 4.69) is 6.58 Å². The molecule has 1 aromatic heterocycles. The molecule has 5 heteroatoms. The van der Waals surface area contributed by atoms with Crippen molar-refractivity contribution >= 4 is 5.97 Å². The second kappa shape index (κ2) is 4.16. The van der Waals surface area contributed by atoms with Gasteiger partial charge < -0.3 is 5.11 Å². The van der Waals surface area contributed by atoms with Gasteiger partial charge in [0, 0.05) is 24.0 Å². The Hall–Kier alpha value is -1.78. The summed E-state index contributed by atoms with van der Waals surface area (Å²) in [5.74, 6) is -1.08. The van der Waals surface area contributed by atoms with Crippen LogP contribution in [-0.4, -0.2) is 20.2 Å². The molecule has 0 aliphatic rings. The maximum absolute atomic E-state index is 11.7. The summed E-state index contributed by atoms with van der Waals surface area (Å²) < 4.78 is 2.87. The summed E-state index contributed by atoms with van der Waals surface area (Å²) in [6.07, 6.45) is 3.21. The molecule has 0 spiro atoms. The van der Waals surface area contributed by atoms with E-state index < -0.39 is 5.97 Å². The number of aromatic nitrogens is 2. The van der Waals surface area contributed by atoms with E-state index in [9.17, 15) is 9.59 Å². The largest absolute Gasteiger partial charge is 0.478 e. The SMILES string of the molecule is C=C(Cn1ccn(C(C)C)c1=O)C(=O)O. The van der Waals surface area contributed by atoms with Crippen molar-refractivity contribution in [1.82, 2.24) is 9.13 Å². The van der Waals surface area contributed by atoms with E-state index in [4.69, 9.17) is 5.11 Å². The molecule has 0 aromatic carbocycles. The number of carboxylic acid groups (broad SMARTS) is 1. The Morgan fingerprint density at radius 2 is 2.13 bits per heavy atom. The molecule has 0 bridgehead atoms. The van der Waals surface area contributed by atoms with Crippen LogP contribution in [0, 0.1) is 0 Å². The third-order valence-electron chi connectivity index (χ3n) is 2.09. The lowest BCUT2D eigenvalue weighted by Gasteiger charge is -2.04. The molecule has 0 fully saturated rings. The minimum atomic E-state index is -1.08. The summed E-state index contributed by atoms with van der Waals surface area (Å²) in [4.78, 5) is 22.2. The van der Waals surface area contributed by atoms with Crippen molar-refractivity contribution in [2.75, 3.05) is 0 Å². The van der Waals surface area contributed by atoms with E-state index in [0.717, 1.165) is 0 Å². The molecule has 0 amide bonds. The molecule has 0 atom stereocenters. The average molecular weight is 210 g/mol. The van der Waals surface area contributed by atoms with E-state index >= 15 is 0 Å². The highest BCUT2D eigenvalue weighted by molar-refractivity contribution is 5.85. The molecule has 0 saturated heterocycles. The zero-order chi connectivity index (χ0) is 11.6. The van der Waals surface area contributed by atoms with Gasteiger partial charge >= 0.3 is 11.7 Å². The number of carbonyl (C=O) groups is 1. The van der Waals surface area contributed by atoms with Crippen molar-refractivity contribution in [3.8, 4) is 0 Å². The van der Waals surface area contributed by atoms with Gasteiger partial charge in [-0.05, 0) is 13.8 Å². The minimum Gasteiger partial charge on any atom is -0.478 e. The molecule has 82 valence electrons. The minimum absolute atomic E-state index is 0.00129. The van der Waals surface area contributed by atoms with Gasteiger partial charge in [-0.25, -0.2) is 9.59 Å². The fourth-order valence-corrected chi connectivity index (χ4v) is 1.21. The van der Waals surface area contributed by atoms with Crippen LogP contribution in [0.2, 0.25) is 0 Å². The molecule has 1 aromatic rings. The van der Waals surface area contributed by atoms with Gasteiger partial charge in [0.1, 0.15) is 0 Å². The van der Waals surface area contributed by atoms with Crippen molar-refractivity contribution in [2.24, 2.45) is 0 Å². The van der Waals surface area contributed by atoms with Crippen molar-refractivity contribution in [3.05, 3.63) is 35.0 Å². The Balaban J connectivity index is 2.94. The Morgan fingerprint density at radius 1 is 1.53 bits per heavy atom. The van der Waals surface area contributed by atoms with Gasteiger partial charge in [0.2, 0.25) is 0 Å². The molecule has 1 heterocycles. The molecule has 5 nitrogen and oxygen atoms in total. The van der Waals surface area contributed by atoms with Gasteiger partial charge in [-0.3, -0.25) is 9.13 Å². The third kappa shape index (κ3) is 2.37. The number of carboxylic acids is 1. The summed E-state index contributed by atoms with van der Waals surface area (Å²) in [7, 11) is 0. The quantitative estimate of drug-likeness (QED) is 0.750. The van der Waals surface area contributed by atoms with Gasteiger partial charge in [-0.1, -0.05) is 6.58 Å². The monoisotopic (exact) mass is 210 g/mol. The lowest BCUT2D eigenvalue weighted by atomic mass is 10.3. The topological polar surface area (TPSA) is 64.2 Å². The van der Waals surface area contributed by atoms with Crippen LogP contribution < -0.4 is 5.69 Å².